The van der Waals surface area contributed by atoms with Crippen molar-refractivity contribution in [3.05, 3.63) is 48.0 Å². The van der Waals surface area contributed by atoms with Gasteiger partial charge in [0.15, 0.2) is 0 Å². The van der Waals surface area contributed by atoms with Crippen LogP contribution in [0.1, 0.15) is 5.56 Å². The molecule has 3 nitrogen and oxygen atoms in total. The van der Waals surface area contributed by atoms with E-state index in [1.807, 2.05) is 42.5 Å². The van der Waals surface area contributed by atoms with Crippen molar-refractivity contribution in [2.45, 2.75) is 12.7 Å². The smallest absolute Gasteiger partial charge is 0.0897 e. The second kappa shape index (κ2) is 6.55. The van der Waals surface area contributed by atoms with E-state index in [0.29, 0.717) is 19.8 Å². The highest BCUT2D eigenvalue weighted by atomic mass is 16.5. The Morgan fingerprint density at radius 2 is 2.12 bits per heavy atom. The summed E-state index contributed by atoms with van der Waals surface area (Å²) in [5.74, 6) is 0.0551. The first kappa shape index (κ1) is 12.3. The van der Waals surface area contributed by atoms with Gasteiger partial charge in [-0.1, -0.05) is 42.5 Å². The fourth-order valence-corrected chi connectivity index (χ4v) is 1.87. The second-order valence-corrected chi connectivity index (χ2v) is 4.15. The van der Waals surface area contributed by atoms with Gasteiger partial charge in [0.2, 0.25) is 0 Å². The van der Waals surface area contributed by atoms with E-state index in [-0.39, 0.29) is 18.6 Å². The first-order valence-corrected chi connectivity index (χ1v) is 5.91. The van der Waals surface area contributed by atoms with E-state index in [0.717, 1.165) is 5.56 Å². The van der Waals surface area contributed by atoms with Crippen LogP contribution < -0.4 is 0 Å². The zero-order valence-corrected chi connectivity index (χ0v) is 9.79. The summed E-state index contributed by atoms with van der Waals surface area (Å²) in [6.45, 7) is 1.82. The highest BCUT2D eigenvalue weighted by Gasteiger charge is 2.21. The molecule has 17 heavy (non-hydrogen) atoms. The third-order valence-electron chi connectivity index (χ3n) is 2.87. The van der Waals surface area contributed by atoms with E-state index in [9.17, 15) is 5.11 Å². The predicted molar refractivity (Wildman–Crippen MR) is 65.6 cm³/mol. The van der Waals surface area contributed by atoms with E-state index >= 15 is 0 Å². The number of benzene rings is 1. The van der Waals surface area contributed by atoms with Gasteiger partial charge < -0.3 is 14.6 Å². The van der Waals surface area contributed by atoms with Crippen molar-refractivity contribution in [3.63, 3.8) is 0 Å². The molecule has 92 valence electrons. The minimum absolute atomic E-state index is 0.0336. The van der Waals surface area contributed by atoms with E-state index < -0.39 is 0 Å². The maximum absolute atomic E-state index is 9.19. The van der Waals surface area contributed by atoms with Gasteiger partial charge in [0.25, 0.3) is 0 Å². The van der Waals surface area contributed by atoms with Gasteiger partial charge in [-0.3, -0.25) is 0 Å². The average Bonchev–Trinajstić information content (AvgIpc) is 2.40. The van der Waals surface area contributed by atoms with Crippen LogP contribution in [-0.2, 0) is 16.1 Å². The van der Waals surface area contributed by atoms with Crippen LogP contribution in [0.25, 0.3) is 0 Å². The lowest BCUT2D eigenvalue weighted by atomic mass is 10.0. The van der Waals surface area contributed by atoms with Crippen molar-refractivity contribution in [1.82, 2.24) is 0 Å². The molecule has 0 saturated heterocycles. The Morgan fingerprint density at radius 1 is 1.29 bits per heavy atom. The molecule has 0 bridgehead atoms. The van der Waals surface area contributed by atoms with Gasteiger partial charge in [-0.05, 0) is 5.56 Å². The average molecular weight is 234 g/mol. The maximum atomic E-state index is 9.19. The van der Waals surface area contributed by atoms with Crippen LogP contribution in [0.5, 0.6) is 0 Å². The predicted octanol–water partition coefficient (Wildman–Crippen LogP) is 1.77. The summed E-state index contributed by atoms with van der Waals surface area (Å²) in [5.41, 5.74) is 1.15. The minimum atomic E-state index is -0.0336. The van der Waals surface area contributed by atoms with Gasteiger partial charge in [-0.25, -0.2) is 0 Å². The third kappa shape index (κ3) is 3.66. The summed E-state index contributed by atoms with van der Waals surface area (Å²) < 4.78 is 11.2. The molecule has 3 heteroatoms. The summed E-state index contributed by atoms with van der Waals surface area (Å²) in [4.78, 5) is 0. The molecule has 1 aliphatic heterocycles. The highest BCUT2D eigenvalue weighted by molar-refractivity contribution is 5.13. The number of hydrogen-bond acceptors (Lipinski definition) is 3. The van der Waals surface area contributed by atoms with Crippen LogP contribution in [-0.4, -0.2) is 31.0 Å². The molecule has 0 amide bonds. The van der Waals surface area contributed by atoms with E-state index in [2.05, 4.69) is 0 Å². The second-order valence-electron chi connectivity index (χ2n) is 4.15. The number of rotatable bonds is 5. The van der Waals surface area contributed by atoms with Crippen molar-refractivity contribution in [2.24, 2.45) is 5.92 Å². The van der Waals surface area contributed by atoms with Gasteiger partial charge in [0, 0.05) is 5.92 Å². The lowest BCUT2D eigenvalue weighted by Crippen LogP contribution is -2.32. The number of ether oxygens (including phenoxy) is 2. The molecule has 1 aromatic carbocycles. The molecular formula is C14H18O3. The quantitative estimate of drug-likeness (QED) is 0.789. The van der Waals surface area contributed by atoms with Crippen molar-refractivity contribution in [1.29, 1.82) is 0 Å². The molecule has 0 aromatic heterocycles. The first-order valence-electron chi connectivity index (χ1n) is 5.91. The molecule has 2 atom stereocenters. The van der Waals surface area contributed by atoms with Crippen molar-refractivity contribution in [3.8, 4) is 0 Å². The Kier molecular flexibility index (Phi) is 4.74. The summed E-state index contributed by atoms with van der Waals surface area (Å²) in [6.07, 6.45) is 3.91. The zero-order valence-electron chi connectivity index (χ0n) is 9.79. The van der Waals surface area contributed by atoms with Crippen LogP contribution in [0, 0.1) is 5.92 Å². The van der Waals surface area contributed by atoms with Crippen molar-refractivity contribution >= 4 is 0 Å². The van der Waals surface area contributed by atoms with E-state index in [4.69, 9.17) is 9.47 Å². The third-order valence-corrected chi connectivity index (χ3v) is 2.87. The van der Waals surface area contributed by atoms with Gasteiger partial charge >= 0.3 is 0 Å². The fraction of sp³-hybridized carbons (Fsp3) is 0.429. The lowest BCUT2D eigenvalue weighted by molar-refractivity contribution is -0.0478. The normalized spacial score (nSPS) is 23.8. The van der Waals surface area contributed by atoms with Crippen LogP contribution in [0.15, 0.2) is 42.5 Å². The molecule has 0 unspecified atom stereocenters. The molecule has 1 N–H and O–H groups in total. The Bertz CT molecular complexity index is 348. The molecule has 1 aromatic rings. The molecule has 0 radical (unpaired) electrons. The Labute approximate surface area is 102 Å². The molecule has 0 spiro atoms. The minimum Gasteiger partial charge on any atom is -0.396 e. The number of hydrogen-bond donors (Lipinski definition) is 1. The molecule has 1 aliphatic rings. The maximum Gasteiger partial charge on any atom is 0.0897 e. The summed E-state index contributed by atoms with van der Waals surface area (Å²) in [5, 5.41) is 9.19. The number of aliphatic hydroxyl groups excluding tert-OH is 1. The standard InChI is InChI=1S/C14H18O3/c15-9-13-7-4-8-17-14(13)11-16-10-12-5-2-1-3-6-12/h1-7,13-15H,8-11H2/t13-,14-/m0/s1. The van der Waals surface area contributed by atoms with Gasteiger partial charge in [-0.2, -0.15) is 0 Å². The Balaban J connectivity index is 1.76. The summed E-state index contributed by atoms with van der Waals surface area (Å²) in [6, 6.07) is 10.0. The van der Waals surface area contributed by atoms with Crippen LogP contribution >= 0.6 is 0 Å². The number of aliphatic hydroxyl groups is 1. The van der Waals surface area contributed by atoms with E-state index in [1.165, 1.54) is 0 Å². The molecule has 0 saturated carbocycles. The van der Waals surface area contributed by atoms with Crippen molar-refractivity contribution in [2.75, 3.05) is 19.8 Å². The summed E-state index contributed by atoms with van der Waals surface area (Å²) >= 11 is 0. The summed E-state index contributed by atoms with van der Waals surface area (Å²) in [7, 11) is 0. The topological polar surface area (TPSA) is 38.7 Å². The lowest BCUT2D eigenvalue weighted by Gasteiger charge is -2.26. The molecule has 0 fully saturated rings. The first-order chi connectivity index (χ1) is 8.40. The molecular weight excluding hydrogens is 216 g/mol. The van der Waals surface area contributed by atoms with Gasteiger partial charge in [0.1, 0.15) is 0 Å². The largest absolute Gasteiger partial charge is 0.396 e. The highest BCUT2D eigenvalue weighted by Crippen LogP contribution is 2.15. The van der Waals surface area contributed by atoms with Crippen LogP contribution in [0.2, 0.25) is 0 Å². The molecule has 2 rings (SSSR count). The molecule has 0 aliphatic carbocycles. The van der Waals surface area contributed by atoms with Crippen LogP contribution in [0.3, 0.4) is 0 Å². The van der Waals surface area contributed by atoms with E-state index in [1.54, 1.807) is 0 Å². The van der Waals surface area contributed by atoms with Crippen molar-refractivity contribution < 1.29 is 14.6 Å². The fourth-order valence-electron chi connectivity index (χ4n) is 1.87. The van der Waals surface area contributed by atoms with Crippen LogP contribution in [0.4, 0.5) is 0 Å². The Morgan fingerprint density at radius 3 is 2.88 bits per heavy atom. The molecule has 1 heterocycles. The monoisotopic (exact) mass is 234 g/mol. The van der Waals surface area contributed by atoms with Gasteiger partial charge in [-0.15, -0.1) is 0 Å². The SMILES string of the molecule is OC[C@@H]1C=CCO[C@H]1COCc1ccccc1. The Hall–Kier alpha value is -1.16. The zero-order chi connectivity index (χ0) is 11.9. The van der Waals surface area contributed by atoms with Gasteiger partial charge in [0.05, 0.1) is 32.5 Å².